The van der Waals surface area contributed by atoms with Gasteiger partial charge in [-0.3, -0.25) is 9.94 Å². The highest BCUT2D eigenvalue weighted by Crippen LogP contribution is 2.06. The first kappa shape index (κ1) is 10.2. The van der Waals surface area contributed by atoms with Crippen LogP contribution in [0.2, 0.25) is 0 Å². The van der Waals surface area contributed by atoms with Crippen molar-refractivity contribution in [3.05, 3.63) is 17.5 Å². The van der Waals surface area contributed by atoms with Gasteiger partial charge in [0.25, 0.3) is 0 Å². The molecular formula is C9H17N3O. The largest absolute Gasteiger partial charge is 0.296 e. The second-order valence-electron chi connectivity index (χ2n) is 4.06. The van der Waals surface area contributed by atoms with E-state index in [2.05, 4.69) is 15.7 Å². The lowest BCUT2D eigenvalue weighted by molar-refractivity contribution is -0.0758. The average molecular weight is 183 g/mol. The van der Waals surface area contributed by atoms with Crippen LogP contribution in [0.4, 0.5) is 0 Å². The average Bonchev–Trinajstić information content (AvgIpc) is 2.34. The van der Waals surface area contributed by atoms with Gasteiger partial charge in [0.05, 0.1) is 11.8 Å². The van der Waals surface area contributed by atoms with Gasteiger partial charge in [0.1, 0.15) is 0 Å². The summed E-state index contributed by atoms with van der Waals surface area (Å²) in [6, 6.07) is 0. The first-order valence-electron chi connectivity index (χ1n) is 4.39. The van der Waals surface area contributed by atoms with Gasteiger partial charge >= 0.3 is 0 Å². The van der Waals surface area contributed by atoms with Crippen molar-refractivity contribution >= 4 is 0 Å². The molecule has 1 rings (SSSR count). The molecule has 0 unspecified atom stereocenters. The molecule has 0 aliphatic carbocycles. The van der Waals surface area contributed by atoms with Crippen LogP contribution in [0.5, 0.6) is 0 Å². The summed E-state index contributed by atoms with van der Waals surface area (Å²) in [6.45, 7) is 8.67. The molecule has 0 aliphatic rings. The van der Waals surface area contributed by atoms with E-state index in [0.29, 0.717) is 6.54 Å². The first-order chi connectivity index (χ1) is 5.99. The summed E-state index contributed by atoms with van der Waals surface area (Å²) in [7, 11) is 0. The number of aromatic nitrogens is 2. The molecule has 74 valence electrons. The molecule has 0 saturated heterocycles. The van der Waals surface area contributed by atoms with E-state index in [1.807, 2.05) is 27.7 Å². The molecule has 1 aromatic heterocycles. The Morgan fingerprint density at radius 1 is 1.54 bits per heavy atom. The van der Waals surface area contributed by atoms with Gasteiger partial charge < -0.3 is 0 Å². The number of aromatic amines is 1. The SMILES string of the molecule is Cc1[nH]ncc1CNOC(C)(C)C. The molecule has 4 heteroatoms. The number of nitrogens with one attached hydrogen (secondary N) is 2. The van der Waals surface area contributed by atoms with Crippen molar-refractivity contribution in [3.8, 4) is 0 Å². The minimum Gasteiger partial charge on any atom is -0.296 e. The highest BCUT2D eigenvalue weighted by molar-refractivity contribution is 5.13. The van der Waals surface area contributed by atoms with Crippen molar-refractivity contribution < 1.29 is 4.84 Å². The zero-order chi connectivity index (χ0) is 9.90. The lowest BCUT2D eigenvalue weighted by Gasteiger charge is -2.19. The van der Waals surface area contributed by atoms with Gasteiger partial charge in [-0.1, -0.05) is 0 Å². The van der Waals surface area contributed by atoms with Crippen LogP contribution in [0.3, 0.4) is 0 Å². The van der Waals surface area contributed by atoms with Crippen molar-refractivity contribution in [1.82, 2.24) is 15.7 Å². The Kier molecular flexibility index (Phi) is 3.06. The fraction of sp³-hybridized carbons (Fsp3) is 0.667. The van der Waals surface area contributed by atoms with Crippen molar-refractivity contribution in [3.63, 3.8) is 0 Å². The van der Waals surface area contributed by atoms with Crippen molar-refractivity contribution in [2.75, 3.05) is 0 Å². The van der Waals surface area contributed by atoms with Crippen molar-refractivity contribution in [1.29, 1.82) is 0 Å². The van der Waals surface area contributed by atoms with E-state index in [1.54, 1.807) is 6.20 Å². The van der Waals surface area contributed by atoms with Gasteiger partial charge in [0.2, 0.25) is 0 Å². The molecule has 1 heterocycles. The molecule has 0 amide bonds. The molecule has 0 fully saturated rings. The predicted octanol–water partition coefficient (Wildman–Crippen LogP) is 1.54. The molecule has 2 N–H and O–H groups in total. The molecule has 0 saturated carbocycles. The van der Waals surface area contributed by atoms with Crippen LogP contribution in [0.25, 0.3) is 0 Å². The molecule has 0 radical (unpaired) electrons. The normalized spacial score (nSPS) is 12.0. The maximum absolute atomic E-state index is 5.37. The maximum atomic E-state index is 5.37. The fourth-order valence-corrected chi connectivity index (χ4v) is 0.884. The smallest absolute Gasteiger partial charge is 0.0813 e. The summed E-state index contributed by atoms with van der Waals surface area (Å²) in [5, 5.41) is 6.79. The van der Waals surface area contributed by atoms with Crippen LogP contribution in [0.15, 0.2) is 6.20 Å². The maximum Gasteiger partial charge on any atom is 0.0813 e. The van der Waals surface area contributed by atoms with E-state index in [4.69, 9.17) is 4.84 Å². The Labute approximate surface area is 78.6 Å². The minimum absolute atomic E-state index is 0.155. The second-order valence-corrected chi connectivity index (χ2v) is 4.06. The Bertz CT molecular complexity index is 262. The van der Waals surface area contributed by atoms with Crippen molar-refractivity contribution in [2.24, 2.45) is 0 Å². The molecule has 1 aromatic rings. The van der Waals surface area contributed by atoms with Crippen LogP contribution >= 0.6 is 0 Å². The van der Waals surface area contributed by atoms with Gasteiger partial charge in [-0.05, 0) is 27.7 Å². The van der Waals surface area contributed by atoms with Crippen LogP contribution in [-0.2, 0) is 11.4 Å². The van der Waals surface area contributed by atoms with E-state index >= 15 is 0 Å². The van der Waals surface area contributed by atoms with E-state index < -0.39 is 0 Å². The predicted molar refractivity (Wildman–Crippen MR) is 51.0 cm³/mol. The summed E-state index contributed by atoms with van der Waals surface area (Å²) in [5.41, 5.74) is 4.96. The molecule has 0 aromatic carbocycles. The highest BCUT2D eigenvalue weighted by atomic mass is 16.7. The van der Waals surface area contributed by atoms with Gasteiger partial charge in [0, 0.05) is 17.8 Å². The van der Waals surface area contributed by atoms with E-state index in [0.717, 1.165) is 11.3 Å². The number of hydrogen-bond acceptors (Lipinski definition) is 3. The third-order valence-electron chi connectivity index (χ3n) is 1.58. The summed E-state index contributed by atoms with van der Waals surface area (Å²) in [4.78, 5) is 5.37. The summed E-state index contributed by atoms with van der Waals surface area (Å²) < 4.78 is 0. The summed E-state index contributed by atoms with van der Waals surface area (Å²) in [6.07, 6.45) is 1.80. The Balaban J connectivity index is 2.32. The second kappa shape index (κ2) is 3.89. The monoisotopic (exact) mass is 183 g/mol. The quantitative estimate of drug-likeness (QED) is 0.699. The van der Waals surface area contributed by atoms with E-state index in [1.165, 1.54) is 0 Å². The van der Waals surface area contributed by atoms with Crippen LogP contribution in [0.1, 0.15) is 32.0 Å². The lowest BCUT2D eigenvalue weighted by atomic mass is 10.2. The highest BCUT2D eigenvalue weighted by Gasteiger charge is 2.10. The third-order valence-corrected chi connectivity index (χ3v) is 1.58. The Morgan fingerprint density at radius 2 is 2.23 bits per heavy atom. The van der Waals surface area contributed by atoms with E-state index in [-0.39, 0.29) is 5.60 Å². The summed E-state index contributed by atoms with van der Waals surface area (Å²) >= 11 is 0. The van der Waals surface area contributed by atoms with Gasteiger partial charge in [-0.2, -0.15) is 10.6 Å². The van der Waals surface area contributed by atoms with Gasteiger partial charge in [0.15, 0.2) is 0 Å². The number of hydrogen-bond donors (Lipinski definition) is 2. The van der Waals surface area contributed by atoms with Crippen molar-refractivity contribution in [2.45, 2.75) is 39.8 Å². The third kappa shape index (κ3) is 3.57. The molecule has 0 bridgehead atoms. The zero-order valence-electron chi connectivity index (χ0n) is 8.64. The standard InChI is InChI=1S/C9H17N3O/c1-7-8(5-10-12-7)6-11-13-9(2,3)4/h5,11H,6H2,1-4H3,(H,10,12). The number of aryl methyl sites for hydroxylation is 1. The van der Waals surface area contributed by atoms with Gasteiger partial charge in [-0.25, -0.2) is 0 Å². The molecule has 13 heavy (non-hydrogen) atoms. The number of nitrogens with zero attached hydrogens (tertiary/aromatic N) is 1. The Hall–Kier alpha value is -0.870. The van der Waals surface area contributed by atoms with Crippen LogP contribution < -0.4 is 5.48 Å². The molecular weight excluding hydrogens is 166 g/mol. The molecule has 0 atom stereocenters. The number of rotatable bonds is 3. The topological polar surface area (TPSA) is 49.9 Å². The Morgan fingerprint density at radius 3 is 2.69 bits per heavy atom. The molecule has 4 nitrogen and oxygen atoms in total. The molecule has 0 spiro atoms. The van der Waals surface area contributed by atoms with Gasteiger partial charge in [-0.15, -0.1) is 0 Å². The number of hydroxylamine groups is 1. The van der Waals surface area contributed by atoms with E-state index in [9.17, 15) is 0 Å². The number of H-pyrrole nitrogens is 1. The fourth-order valence-electron chi connectivity index (χ4n) is 0.884. The minimum atomic E-state index is -0.155. The first-order valence-corrected chi connectivity index (χ1v) is 4.39. The zero-order valence-corrected chi connectivity index (χ0v) is 8.64. The van der Waals surface area contributed by atoms with Crippen LogP contribution in [-0.4, -0.2) is 15.8 Å². The molecule has 0 aliphatic heterocycles. The van der Waals surface area contributed by atoms with Crippen LogP contribution in [0, 0.1) is 6.92 Å². The lowest BCUT2D eigenvalue weighted by Crippen LogP contribution is -2.28. The summed E-state index contributed by atoms with van der Waals surface area (Å²) in [5.74, 6) is 0.